The van der Waals surface area contributed by atoms with Gasteiger partial charge in [0, 0.05) is 18.8 Å². The average Bonchev–Trinajstić information content (AvgIpc) is 2.79. The van der Waals surface area contributed by atoms with Crippen LogP contribution in [0.4, 0.5) is 5.69 Å². The van der Waals surface area contributed by atoms with Gasteiger partial charge in [-0.05, 0) is 49.2 Å². The molecular formula is C23H25N3O4. The van der Waals surface area contributed by atoms with E-state index in [1.807, 2.05) is 36.4 Å². The van der Waals surface area contributed by atoms with Crippen molar-refractivity contribution in [2.75, 3.05) is 31.6 Å². The van der Waals surface area contributed by atoms with E-state index in [0.717, 1.165) is 18.6 Å². The lowest BCUT2D eigenvalue weighted by Crippen LogP contribution is -2.44. The number of piperidine rings is 1. The summed E-state index contributed by atoms with van der Waals surface area (Å²) in [6, 6.07) is 18.2. The maximum absolute atomic E-state index is 12.6. The highest BCUT2D eigenvalue weighted by Gasteiger charge is 2.28. The Balaban J connectivity index is 1.45. The summed E-state index contributed by atoms with van der Waals surface area (Å²) in [6.07, 6.45) is 1.83. The Morgan fingerprint density at radius 3 is 2.53 bits per heavy atom. The summed E-state index contributed by atoms with van der Waals surface area (Å²) < 4.78 is 10.8. The van der Waals surface area contributed by atoms with E-state index in [9.17, 15) is 9.59 Å². The minimum Gasteiger partial charge on any atom is -0.493 e. The van der Waals surface area contributed by atoms with Gasteiger partial charge in [0.1, 0.15) is 17.6 Å². The van der Waals surface area contributed by atoms with E-state index in [-0.39, 0.29) is 30.8 Å². The fourth-order valence-electron chi connectivity index (χ4n) is 3.34. The number of benzene rings is 2. The second-order valence-electron chi connectivity index (χ2n) is 7.05. The van der Waals surface area contributed by atoms with E-state index in [0.29, 0.717) is 31.1 Å². The van der Waals surface area contributed by atoms with Crippen LogP contribution in [-0.4, -0.2) is 43.0 Å². The number of carbonyl (C=O) groups excluding carboxylic acids is 2. The molecule has 0 aliphatic carbocycles. The van der Waals surface area contributed by atoms with Gasteiger partial charge >= 0.3 is 0 Å². The lowest BCUT2D eigenvalue weighted by molar-refractivity contribution is -0.135. The molecule has 30 heavy (non-hydrogen) atoms. The molecule has 2 aromatic carbocycles. The number of ether oxygens (including phenoxy) is 2. The van der Waals surface area contributed by atoms with Gasteiger partial charge in [0.2, 0.25) is 11.8 Å². The second kappa shape index (κ2) is 10.9. The first kappa shape index (κ1) is 21.2. The van der Waals surface area contributed by atoms with Crippen LogP contribution < -0.4 is 14.8 Å². The standard InChI is InChI=1S/C23H25N3O4/c24-13-16-30-21-10-8-19(9-11-21)25-23(28)18-5-4-14-26(17-18)22(27)12-15-29-20-6-2-1-3-7-20/h1-3,6-11,18H,4-5,12,14-17H2,(H,25,28). The maximum Gasteiger partial charge on any atom is 0.229 e. The molecule has 1 heterocycles. The number of para-hydroxylation sites is 1. The highest BCUT2D eigenvalue weighted by atomic mass is 16.5. The molecule has 2 aromatic rings. The van der Waals surface area contributed by atoms with Crippen molar-refractivity contribution in [3.8, 4) is 17.6 Å². The molecule has 0 saturated carbocycles. The number of carbonyl (C=O) groups is 2. The van der Waals surface area contributed by atoms with Crippen LogP contribution >= 0.6 is 0 Å². The number of likely N-dealkylation sites (tertiary alicyclic amines) is 1. The topological polar surface area (TPSA) is 91.7 Å². The summed E-state index contributed by atoms with van der Waals surface area (Å²) in [5, 5.41) is 11.4. The van der Waals surface area contributed by atoms with Crippen molar-refractivity contribution in [2.45, 2.75) is 19.3 Å². The van der Waals surface area contributed by atoms with Crippen LogP contribution in [0.2, 0.25) is 0 Å². The number of nitrogens with one attached hydrogen (secondary N) is 1. The molecule has 156 valence electrons. The Morgan fingerprint density at radius 1 is 1.07 bits per heavy atom. The van der Waals surface area contributed by atoms with E-state index >= 15 is 0 Å². The monoisotopic (exact) mass is 407 g/mol. The number of rotatable bonds is 8. The molecule has 1 unspecified atom stereocenters. The number of anilines is 1. The quantitative estimate of drug-likeness (QED) is 0.725. The summed E-state index contributed by atoms with van der Waals surface area (Å²) in [6.45, 7) is 1.38. The molecule has 0 aromatic heterocycles. The van der Waals surface area contributed by atoms with Gasteiger partial charge in [0.25, 0.3) is 0 Å². The largest absolute Gasteiger partial charge is 0.493 e. The van der Waals surface area contributed by atoms with E-state index in [2.05, 4.69) is 5.32 Å². The predicted octanol–water partition coefficient (Wildman–Crippen LogP) is 3.24. The molecule has 0 radical (unpaired) electrons. The van der Waals surface area contributed by atoms with Crippen LogP contribution in [0.5, 0.6) is 11.5 Å². The minimum absolute atomic E-state index is 0.00225. The lowest BCUT2D eigenvalue weighted by Gasteiger charge is -2.32. The molecule has 2 amide bonds. The molecule has 1 saturated heterocycles. The smallest absolute Gasteiger partial charge is 0.229 e. The normalized spacial score (nSPS) is 15.7. The molecule has 1 aliphatic heterocycles. The zero-order valence-corrected chi connectivity index (χ0v) is 16.8. The molecule has 1 atom stereocenters. The molecule has 0 bridgehead atoms. The number of hydrogen-bond donors (Lipinski definition) is 1. The van der Waals surface area contributed by atoms with Crippen LogP contribution in [0.15, 0.2) is 54.6 Å². The Hall–Kier alpha value is -3.53. The number of nitrogens with zero attached hydrogens (tertiary/aromatic N) is 2. The third-order valence-corrected chi connectivity index (χ3v) is 4.90. The summed E-state index contributed by atoms with van der Waals surface area (Å²) in [4.78, 5) is 26.9. The summed E-state index contributed by atoms with van der Waals surface area (Å²) in [5.74, 6) is 0.973. The SMILES string of the molecule is N#CCOc1ccc(NC(=O)C2CCCN(C(=O)CCOc3ccccc3)C2)cc1. The molecule has 1 N–H and O–H groups in total. The van der Waals surface area contributed by atoms with E-state index in [1.165, 1.54) is 0 Å². The van der Waals surface area contributed by atoms with Crippen LogP contribution in [0.1, 0.15) is 19.3 Å². The highest BCUT2D eigenvalue weighted by Crippen LogP contribution is 2.21. The van der Waals surface area contributed by atoms with Crippen molar-refractivity contribution >= 4 is 17.5 Å². The molecule has 3 rings (SSSR count). The summed E-state index contributed by atoms with van der Waals surface area (Å²) >= 11 is 0. The van der Waals surface area contributed by atoms with Crippen LogP contribution in [0.3, 0.4) is 0 Å². The van der Waals surface area contributed by atoms with E-state index in [1.54, 1.807) is 29.2 Å². The molecule has 0 spiro atoms. The molecule has 1 aliphatic rings. The third-order valence-electron chi connectivity index (χ3n) is 4.90. The van der Waals surface area contributed by atoms with Crippen LogP contribution in [-0.2, 0) is 9.59 Å². The number of nitriles is 1. The fourth-order valence-corrected chi connectivity index (χ4v) is 3.34. The summed E-state index contributed by atoms with van der Waals surface area (Å²) in [7, 11) is 0. The Bertz CT molecular complexity index is 878. The van der Waals surface area contributed by atoms with Gasteiger partial charge in [-0.15, -0.1) is 0 Å². The lowest BCUT2D eigenvalue weighted by atomic mass is 9.96. The van der Waals surface area contributed by atoms with Gasteiger partial charge in [-0.1, -0.05) is 18.2 Å². The Kier molecular flexibility index (Phi) is 7.67. The fraction of sp³-hybridized carbons (Fsp3) is 0.348. The first-order chi connectivity index (χ1) is 14.7. The van der Waals surface area contributed by atoms with Crippen LogP contribution in [0, 0.1) is 17.2 Å². The Labute approximate surface area is 176 Å². The molecule has 7 heteroatoms. The number of hydrogen-bond acceptors (Lipinski definition) is 5. The highest BCUT2D eigenvalue weighted by molar-refractivity contribution is 5.93. The van der Waals surface area contributed by atoms with Gasteiger partial charge in [0.15, 0.2) is 6.61 Å². The van der Waals surface area contributed by atoms with Gasteiger partial charge in [-0.25, -0.2) is 0 Å². The zero-order valence-electron chi connectivity index (χ0n) is 16.8. The zero-order chi connectivity index (χ0) is 21.2. The first-order valence-electron chi connectivity index (χ1n) is 10.0. The molecular weight excluding hydrogens is 382 g/mol. The van der Waals surface area contributed by atoms with E-state index in [4.69, 9.17) is 14.7 Å². The van der Waals surface area contributed by atoms with Gasteiger partial charge in [-0.2, -0.15) is 5.26 Å². The third kappa shape index (κ3) is 6.24. The van der Waals surface area contributed by atoms with Crippen molar-refractivity contribution in [2.24, 2.45) is 5.92 Å². The maximum atomic E-state index is 12.6. The van der Waals surface area contributed by atoms with Crippen molar-refractivity contribution in [1.29, 1.82) is 5.26 Å². The number of amides is 2. The molecule has 7 nitrogen and oxygen atoms in total. The Morgan fingerprint density at radius 2 is 1.80 bits per heavy atom. The second-order valence-corrected chi connectivity index (χ2v) is 7.05. The van der Waals surface area contributed by atoms with Crippen molar-refractivity contribution < 1.29 is 19.1 Å². The average molecular weight is 407 g/mol. The summed E-state index contributed by atoms with van der Waals surface area (Å²) in [5.41, 5.74) is 0.656. The minimum atomic E-state index is -0.243. The van der Waals surface area contributed by atoms with Crippen molar-refractivity contribution in [1.82, 2.24) is 4.90 Å². The van der Waals surface area contributed by atoms with Gasteiger partial charge < -0.3 is 19.7 Å². The van der Waals surface area contributed by atoms with Crippen LogP contribution in [0.25, 0.3) is 0 Å². The molecule has 1 fully saturated rings. The first-order valence-corrected chi connectivity index (χ1v) is 10.0. The van der Waals surface area contributed by atoms with Gasteiger partial charge in [-0.3, -0.25) is 9.59 Å². The van der Waals surface area contributed by atoms with Gasteiger partial charge in [0.05, 0.1) is 18.9 Å². The van der Waals surface area contributed by atoms with Crippen molar-refractivity contribution in [3.63, 3.8) is 0 Å². The predicted molar refractivity (Wildman–Crippen MR) is 112 cm³/mol. The van der Waals surface area contributed by atoms with E-state index < -0.39 is 0 Å². The van der Waals surface area contributed by atoms with Crippen molar-refractivity contribution in [3.05, 3.63) is 54.6 Å².